The second-order valence-corrected chi connectivity index (χ2v) is 10.9. The van der Waals surface area contributed by atoms with E-state index >= 15 is 0 Å². The molecule has 0 aliphatic carbocycles. The maximum absolute atomic E-state index is 12.7. The zero-order valence-electron chi connectivity index (χ0n) is 22.7. The van der Waals surface area contributed by atoms with Crippen molar-refractivity contribution in [3.8, 4) is 11.5 Å². The number of fused-ring (bicyclic) bond motifs is 1. The molecule has 1 amide bonds. The number of hydrogen-bond acceptors (Lipinski definition) is 4. The Morgan fingerprint density at radius 2 is 1.50 bits per heavy atom. The Morgan fingerprint density at radius 3 is 2.08 bits per heavy atom. The summed E-state index contributed by atoms with van der Waals surface area (Å²) in [5.41, 5.74) is 9.55. The van der Waals surface area contributed by atoms with Crippen LogP contribution in [0.25, 0.3) is 10.8 Å². The molecule has 0 aliphatic rings. The van der Waals surface area contributed by atoms with Gasteiger partial charge in [-0.2, -0.15) is 0 Å². The topological polar surface area (TPSA) is 84.6 Å². The molecule has 5 heteroatoms. The third kappa shape index (κ3) is 6.13. The van der Waals surface area contributed by atoms with Gasteiger partial charge in [0.25, 0.3) is 5.91 Å². The number of unbranched alkanes of at least 4 members (excludes halogenated alkanes) is 1. The van der Waals surface area contributed by atoms with E-state index in [0.29, 0.717) is 24.2 Å². The summed E-state index contributed by atoms with van der Waals surface area (Å²) in [5, 5.41) is 14.8. The van der Waals surface area contributed by atoms with Crippen LogP contribution in [0.3, 0.4) is 0 Å². The molecule has 0 spiro atoms. The Morgan fingerprint density at radius 1 is 0.917 bits per heavy atom. The van der Waals surface area contributed by atoms with Crippen molar-refractivity contribution in [3.05, 3.63) is 65.2 Å². The molecular formula is C31H42N2O3. The Kier molecular flexibility index (Phi) is 8.55. The molecule has 0 heterocycles. The molecule has 5 nitrogen and oxygen atoms in total. The third-order valence-electron chi connectivity index (χ3n) is 7.66. The van der Waals surface area contributed by atoms with Crippen LogP contribution in [0, 0.1) is 0 Å². The highest BCUT2D eigenvalue weighted by atomic mass is 16.5. The first-order valence-electron chi connectivity index (χ1n) is 13.1. The monoisotopic (exact) mass is 490 g/mol. The largest absolute Gasteiger partial charge is 0.506 e. The number of hydrogen-bond donors (Lipinski definition) is 3. The minimum absolute atomic E-state index is 0.0404. The third-order valence-corrected chi connectivity index (χ3v) is 7.66. The van der Waals surface area contributed by atoms with Crippen LogP contribution in [0.15, 0.2) is 48.5 Å². The van der Waals surface area contributed by atoms with Gasteiger partial charge in [-0.05, 0) is 65.8 Å². The molecule has 36 heavy (non-hydrogen) atoms. The van der Waals surface area contributed by atoms with E-state index in [1.165, 1.54) is 17.2 Å². The predicted molar refractivity (Wildman–Crippen MR) is 150 cm³/mol. The summed E-state index contributed by atoms with van der Waals surface area (Å²) < 4.78 is 6.17. The number of carbonyl (C=O) groups is 1. The number of rotatable bonds is 11. The van der Waals surface area contributed by atoms with Gasteiger partial charge in [0.1, 0.15) is 11.5 Å². The number of aromatic hydroxyl groups is 1. The predicted octanol–water partition coefficient (Wildman–Crippen LogP) is 7.09. The van der Waals surface area contributed by atoms with E-state index in [2.05, 4.69) is 65.1 Å². The van der Waals surface area contributed by atoms with Crippen LogP contribution in [-0.4, -0.2) is 24.2 Å². The van der Waals surface area contributed by atoms with E-state index in [0.717, 1.165) is 36.8 Å². The maximum Gasteiger partial charge on any atom is 0.255 e. The molecule has 0 fully saturated rings. The molecule has 0 atom stereocenters. The number of nitrogen functional groups attached to an aromatic ring is 1. The molecule has 0 unspecified atom stereocenters. The SMILES string of the molecule is CCC(C)(C)c1cc(OCCCCNC(=O)c2cc(N)c3ccccc3c2O)cc(C(C)(C)CC)c1. The number of ether oxygens (including phenoxy) is 1. The summed E-state index contributed by atoms with van der Waals surface area (Å²) in [6.45, 7) is 14.6. The highest BCUT2D eigenvalue weighted by Gasteiger charge is 2.24. The molecule has 0 radical (unpaired) electrons. The van der Waals surface area contributed by atoms with E-state index in [1.807, 2.05) is 18.2 Å². The summed E-state index contributed by atoms with van der Waals surface area (Å²) in [6.07, 6.45) is 3.68. The van der Waals surface area contributed by atoms with Crippen LogP contribution in [-0.2, 0) is 10.8 Å². The number of nitrogens with two attached hydrogens (primary N) is 1. The quantitative estimate of drug-likeness (QED) is 0.152. The minimum Gasteiger partial charge on any atom is -0.506 e. The first-order chi connectivity index (χ1) is 17.0. The van der Waals surface area contributed by atoms with Crippen LogP contribution >= 0.6 is 0 Å². The van der Waals surface area contributed by atoms with Gasteiger partial charge in [-0.15, -0.1) is 0 Å². The smallest absolute Gasteiger partial charge is 0.255 e. The average Bonchev–Trinajstić information content (AvgIpc) is 2.87. The second-order valence-electron chi connectivity index (χ2n) is 10.9. The highest BCUT2D eigenvalue weighted by Crippen LogP contribution is 2.36. The van der Waals surface area contributed by atoms with Gasteiger partial charge >= 0.3 is 0 Å². The van der Waals surface area contributed by atoms with Crippen LogP contribution in [0.5, 0.6) is 11.5 Å². The molecule has 0 saturated carbocycles. The summed E-state index contributed by atoms with van der Waals surface area (Å²) in [6, 6.07) is 15.5. The van der Waals surface area contributed by atoms with E-state index < -0.39 is 0 Å². The highest BCUT2D eigenvalue weighted by molar-refractivity contribution is 6.07. The number of nitrogens with one attached hydrogen (secondary N) is 1. The molecule has 0 aliphatic heterocycles. The van der Waals surface area contributed by atoms with E-state index in [1.54, 1.807) is 6.07 Å². The lowest BCUT2D eigenvalue weighted by Crippen LogP contribution is -2.25. The van der Waals surface area contributed by atoms with Crippen LogP contribution in [0.4, 0.5) is 5.69 Å². The van der Waals surface area contributed by atoms with Crippen molar-refractivity contribution in [1.82, 2.24) is 5.32 Å². The van der Waals surface area contributed by atoms with Gasteiger partial charge in [0.05, 0.1) is 12.2 Å². The zero-order chi connectivity index (χ0) is 26.5. The fraction of sp³-hybridized carbons (Fsp3) is 0.452. The Labute approximate surface area is 216 Å². The van der Waals surface area contributed by atoms with E-state index in [4.69, 9.17) is 10.5 Å². The summed E-state index contributed by atoms with van der Waals surface area (Å²) in [5.74, 6) is 0.541. The molecule has 0 aromatic heterocycles. The van der Waals surface area contributed by atoms with Crippen molar-refractivity contribution in [2.75, 3.05) is 18.9 Å². The van der Waals surface area contributed by atoms with Crippen LogP contribution < -0.4 is 15.8 Å². The zero-order valence-corrected chi connectivity index (χ0v) is 22.7. The maximum atomic E-state index is 12.7. The van der Waals surface area contributed by atoms with E-state index in [9.17, 15) is 9.90 Å². The Balaban J connectivity index is 1.58. The standard InChI is InChI=1S/C31H42N2O3/c1-7-30(3,4)21-17-22(31(5,6)8-2)19-23(18-21)36-16-12-11-15-33-29(35)26-20-27(32)24-13-9-10-14-25(24)28(26)34/h9-10,13-14,17-20,34H,7-8,11-12,15-16,32H2,1-6H3,(H,33,35). The number of amides is 1. The van der Waals surface area contributed by atoms with Crippen molar-refractivity contribution in [1.29, 1.82) is 0 Å². The van der Waals surface area contributed by atoms with E-state index in [-0.39, 0.29) is 28.1 Å². The first-order valence-corrected chi connectivity index (χ1v) is 13.1. The van der Waals surface area contributed by atoms with Crippen LogP contribution in [0.2, 0.25) is 0 Å². The number of anilines is 1. The van der Waals surface area contributed by atoms with Gasteiger partial charge in [0.2, 0.25) is 0 Å². The van der Waals surface area contributed by atoms with Gasteiger partial charge < -0.3 is 20.9 Å². The molecule has 3 rings (SSSR count). The minimum atomic E-state index is -0.327. The lowest BCUT2D eigenvalue weighted by atomic mass is 9.76. The molecule has 0 saturated heterocycles. The van der Waals surface area contributed by atoms with Gasteiger partial charge in [-0.3, -0.25) is 4.79 Å². The molecule has 0 bridgehead atoms. The van der Waals surface area contributed by atoms with Gasteiger partial charge in [0, 0.05) is 23.0 Å². The number of carbonyl (C=O) groups excluding carboxylic acids is 1. The number of phenols is 1. The van der Waals surface area contributed by atoms with Gasteiger partial charge in [-0.25, -0.2) is 0 Å². The van der Waals surface area contributed by atoms with Crippen molar-refractivity contribution >= 4 is 22.4 Å². The number of benzene rings is 3. The fourth-order valence-electron chi connectivity index (χ4n) is 4.15. The molecule has 4 N–H and O–H groups in total. The Bertz CT molecular complexity index is 1180. The molecule has 3 aromatic carbocycles. The summed E-state index contributed by atoms with van der Waals surface area (Å²) >= 11 is 0. The first kappa shape index (κ1) is 27.4. The normalized spacial score (nSPS) is 12.1. The lowest BCUT2D eigenvalue weighted by Gasteiger charge is -2.29. The van der Waals surface area contributed by atoms with Crippen molar-refractivity contribution in [2.45, 2.75) is 78.1 Å². The van der Waals surface area contributed by atoms with Crippen molar-refractivity contribution in [3.63, 3.8) is 0 Å². The van der Waals surface area contributed by atoms with Crippen molar-refractivity contribution in [2.24, 2.45) is 0 Å². The molecular weight excluding hydrogens is 448 g/mol. The second kappa shape index (κ2) is 11.2. The molecule has 3 aromatic rings. The summed E-state index contributed by atoms with van der Waals surface area (Å²) in [7, 11) is 0. The van der Waals surface area contributed by atoms with Gasteiger partial charge in [-0.1, -0.05) is 71.9 Å². The summed E-state index contributed by atoms with van der Waals surface area (Å²) in [4.78, 5) is 12.7. The van der Waals surface area contributed by atoms with Crippen LogP contribution in [0.1, 0.15) is 88.7 Å². The molecule has 194 valence electrons. The van der Waals surface area contributed by atoms with Gasteiger partial charge in [0.15, 0.2) is 0 Å². The average molecular weight is 491 g/mol. The lowest BCUT2D eigenvalue weighted by molar-refractivity contribution is 0.0950. The fourth-order valence-corrected chi connectivity index (χ4v) is 4.15. The number of phenolic OH excluding ortho intramolecular Hbond substituents is 1. The van der Waals surface area contributed by atoms with Crippen molar-refractivity contribution < 1.29 is 14.6 Å². The Hall–Kier alpha value is -3.21.